The van der Waals surface area contributed by atoms with Gasteiger partial charge >= 0.3 is 5.97 Å². The van der Waals surface area contributed by atoms with E-state index < -0.39 is 5.97 Å². The van der Waals surface area contributed by atoms with Gasteiger partial charge < -0.3 is 15.4 Å². The van der Waals surface area contributed by atoms with E-state index in [1.165, 1.54) is 58.5 Å². The molecule has 1 aromatic carbocycles. The number of unbranched alkanes of at least 4 members (excludes halogenated alkanes) is 12. The SMILES string of the molecule is CCCCCCCCCC(=O)Nc1ccc(C(=O)OC)cc1NC(=O)CCCCCCCCC. The molecule has 0 radical (unpaired) electrons. The number of ether oxygens (including phenoxy) is 1. The molecule has 6 heteroatoms. The van der Waals surface area contributed by atoms with Crippen molar-refractivity contribution in [3.05, 3.63) is 23.8 Å². The monoisotopic (exact) mass is 474 g/mol. The lowest BCUT2D eigenvalue weighted by Crippen LogP contribution is -2.17. The Hall–Kier alpha value is -2.37. The lowest BCUT2D eigenvalue weighted by Gasteiger charge is -2.14. The third-order valence-corrected chi connectivity index (χ3v) is 6.00. The normalized spacial score (nSPS) is 10.7. The van der Waals surface area contributed by atoms with Crippen LogP contribution in [-0.2, 0) is 14.3 Å². The van der Waals surface area contributed by atoms with Crippen LogP contribution in [-0.4, -0.2) is 24.9 Å². The quantitative estimate of drug-likeness (QED) is 0.159. The molecule has 2 N–H and O–H groups in total. The van der Waals surface area contributed by atoms with Crippen molar-refractivity contribution in [3.8, 4) is 0 Å². The third-order valence-electron chi connectivity index (χ3n) is 6.00. The van der Waals surface area contributed by atoms with Crippen molar-refractivity contribution >= 4 is 29.2 Å². The van der Waals surface area contributed by atoms with Crippen LogP contribution >= 0.6 is 0 Å². The van der Waals surface area contributed by atoms with Crippen LogP contribution in [0.25, 0.3) is 0 Å². The largest absolute Gasteiger partial charge is 0.465 e. The molecular weight excluding hydrogens is 428 g/mol. The summed E-state index contributed by atoms with van der Waals surface area (Å²) in [5, 5.41) is 5.78. The van der Waals surface area contributed by atoms with Gasteiger partial charge in [-0.15, -0.1) is 0 Å². The number of hydrogen-bond donors (Lipinski definition) is 2. The van der Waals surface area contributed by atoms with Gasteiger partial charge in [0.15, 0.2) is 0 Å². The fourth-order valence-electron chi connectivity index (χ4n) is 3.91. The van der Waals surface area contributed by atoms with Gasteiger partial charge in [-0.3, -0.25) is 9.59 Å². The number of esters is 1. The van der Waals surface area contributed by atoms with Crippen LogP contribution < -0.4 is 10.6 Å². The maximum absolute atomic E-state index is 12.5. The summed E-state index contributed by atoms with van der Waals surface area (Å²) in [6.07, 6.45) is 16.9. The first-order valence-corrected chi connectivity index (χ1v) is 13.3. The minimum atomic E-state index is -0.483. The van der Waals surface area contributed by atoms with Crippen molar-refractivity contribution in [2.45, 2.75) is 117 Å². The molecule has 34 heavy (non-hydrogen) atoms. The molecule has 0 aliphatic rings. The predicted octanol–water partition coefficient (Wildman–Crippen LogP) is 7.63. The zero-order valence-corrected chi connectivity index (χ0v) is 21.7. The molecular formula is C28H46N2O4. The molecule has 0 aliphatic carbocycles. The van der Waals surface area contributed by atoms with Crippen LogP contribution in [0.1, 0.15) is 127 Å². The topological polar surface area (TPSA) is 84.5 Å². The number of nitrogens with one attached hydrogen (secondary N) is 2. The van der Waals surface area contributed by atoms with Gasteiger partial charge in [0.1, 0.15) is 0 Å². The number of carbonyl (C=O) groups excluding carboxylic acids is 3. The Morgan fingerprint density at radius 1 is 0.647 bits per heavy atom. The first-order valence-electron chi connectivity index (χ1n) is 13.3. The van der Waals surface area contributed by atoms with E-state index >= 15 is 0 Å². The van der Waals surface area contributed by atoms with E-state index in [0.29, 0.717) is 29.8 Å². The Morgan fingerprint density at radius 2 is 1.09 bits per heavy atom. The average molecular weight is 475 g/mol. The van der Waals surface area contributed by atoms with Gasteiger partial charge in [0.05, 0.1) is 24.0 Å². The average Bonchev–Trinajstić information content (AvgIpc) is 2.83. The number of hydrogen-bond acceptors (Lipinski definition) is 4. The molecule has 0 saturated heterocycles. The standard InChI is InChI=1S/C28H46N2O4/c1-4-6-8-10-12-14-16-18-26(31)29-24-21-20-23(28(33)34-3)22-25(24)30-27(32)19-17-15-13-11-9-7-5-2/h20-22H,4-19H2,1-3H3,(H,29,31)(H,30,32). The summed E-state index contributed by atoms with van der Waals surface area (Å²) < 4.78 is 4.80. The van der Waals surface area contributed by atoms with E-state index in [1.54, 1.807) is 18.2 Å². The van der Waals surface area contributed by atoms with Crippen molar-refractivity contribution in [2.75, 3.05) is 17.7 Å². The number of anilines is 2. The van der Waals surface area contributed by atoms with Crippen LogP contribution in [0.4, 0.5) is 11.4 Å². The second-order valence-electron chi connectivity index (χ2n) is 9.09. The Bertz CT molecular complexity index is 733. The van der Waals surface area contributed by atoms with Gasteiger partial charge in [-0.2, -0.15) is 0 Å². The molecule has 0 aliphatic heterocycles. The summed E-state index contributed by atoms with van der Waals surface area (Å²) in [5.74, 6) is -0.677. The van der Waals surface area contributed by atoms with Crippen molar-refractivity contribution in [1.82, 2.24) is 0 Å². The fourth-order valence-corrected chi connectivity index (χ4v) is 3.91. The van der Waals surface area contributed by atoms with Gasteiger partial charge in [0, 0.05) is 12.8 Å². The van der Waals surface area contributed by atoms with Gasteiger partial charge in [0.2, 0.25) is 11.8 Å². The van der Waals surface area contributed by atoms with E-state index in [4.69, 9.17) is 4.74 Å². The number of carbonyl (C=O) groups is 3. The second kappa shape index (κ2) is 19.0. The Labute approximate surface area is 206 Å². The Balaban J connectivity index is 2.57. The van der Waals surface area contributed by atoms with Crippen LogP contribution in [0.5, 0.6) is 0 Å². The maximum Gasteiger partial charge on any atom is 0.337 e. The molecule has 0 aromatic heterocycles. The highest BCUT2D eigenvalue weighted by Crippen LogP contribution is 2.25. The number of rotatable bonds is 19. The summed E-state index contributed by atoms with van der Waals surface area (Å²) in [5.41, 5.74) is 1.27. The van der Waals surface area contributed by atoms with Crippen LogP contribution in [0.3, 0.4) is 0 Å². The summed E-state index contributed by atoms with van der Waals surface area (Å²) in [6.45, 7) is 4.40. The van der Waals surface area contributed by atoms with Crippen LogP contribution in [0.2, 0.25) is 0 Å². The number of amides is 2. The van der Waals surface area contributed by atoms with Crippen molar-refractivity contribution < 1.29 is 19.1 Å². The molecule has 0 heterocycles. The maximum atomic E-state index is 12.5. The smallest absolute Gasteiger partial charge is 0.337 e. The first-order chi connectivity index (χ1) is 16.5. The van der Waals surface area contributed by atoms with Gasteiger partial charge in [-0.1, -0.05) is 90.9 Å². The lowest BCUT2D eigenvalue weighted by molar-refractivity contribution is -0.117. The van der Waals surface area contributed by atoms with E-state index in [9.17, 15) is 14.4 Å². The molecule has 1 aromatic rings. The molecule has 0 fully saturated rings. The molecule has 0 unspecified atom stereocenters. The van der Waals surface area contributed by atoms with Gasteiger partial charge in [-0.05, 0) is 31.0 Å². The fraction of sp³-hybridized carbons (Fsp3) is 0.679. The highest BCUT2D eigenvalue weighted by Gasteiger charge is 2.14. The molecule has 1 rings (SSSR count). The van der Waals surface area contributed by atoms with Crippen molar-refractivity contribution in [2.24, 2.45) is 0 Å². The highest BCUT2D eigenvalue weighted by molar-refractivity contribution is 6.01. The summed E-state index contributed by atoms with van der Waals surface area (Å²) in [7, 11) is 1.32. The molecule has 6 nitrogen and oxygen atoms in total. The zero-order chi connectivity index (χ0) is 25.0. The van der Waals surface area contributed by atoms with E-state index in [1.807, 2.05) is 0 Å². The second-order valence-corrected chi connectivity index (χ2v) is 9.09. The summed E-state index contributed by atoms with van der Waals surface area (Å²) >= 11 is 0. The molecule has 192 valence electrons. The minimum Gasteiger partial charge on any atom is -0.465 e. The van der Waals surface area contributed by atoms with E-state index in [-0.39, 0.29) is 11.8 Å². The van der Waals surface area contributed by atoms with Crippen LogP contribution in [0, 0.1) is 0 Å². The van der Waals surface area contributed by atoms with Crippen molar-refractivity contribution in [3.63, 3.8) is 0 Å². The zero-order valence-electron chi connectivity index (χ0n) is 21.7. The first kappa shape index (κ1) is 29.7. The molecule has 2 amide bonds. The van der Waals surface area contributed by atoms with Crippen LogP contribution in [0.15, 0.2) is 18.2 Å². The minimum absolute atomic E-state index is 0.0815. The lowest BCUT2D eigenvalue weighted by atomic mass is 10.1. The number of methoxy groups -OCH3 is 1. The summed E-state index contributed by atoms with van der Waals surface area (Å²) in [4.78, 5) is 36.9. The predicted molar refractivity (Wildman–Crippen MR) is 140 cm³/mol. The summed E-state index contributed by atoms with van der Waals surface area (Å²) in [6, 6.07) is 4.82. The van der Waals surface area contributed by atoms with E-state index in [2.05, 4.69) is 24.5 Å². The Kier molecular flexibility index (Phi) is 16.6. The molecule has 0 bridgehead atoms. The van der Waals surface area contributed by atoms with E-state index in [0.717, 1.165) is 38.5 Å². The van der Waals surface area contributed by atoms with Gasteiger partial charge in [-0.25, -0.2) is 4.79 Å². The van der Waals surface area contributed by atoms with Crippen molar-refractivity contribution in [1.29, 1.82) is 0 Å². The highest BCUT2D eigenvalue weighted by atomic mass is 16.5. The molecule has 0 atom stereocenters. The molecule has 0 saturated carbocycles. The van der Waals surface area contributed by atoms with Gasteiger partial charge in [0.25, 0.3) is 0 Å². The number of benzene rings is 1. The third kappa shape index (κ3) is 13.4. The Morgan fingerprint density at radius 3 is 1.56 bits per heavy atom. The molecule has 0 spiro atoms.